The monoisotopic (exact) mass is 393 g/mol. The van der Waals surface area contributed by atoms with Crippen molar-refractivity contribution in [2.75, 3.05) is 5.32 Å². The molecule has 2 aromatic heterocycles. The lowest BCUT2D eigenvalue weighted by Gasteiger charge is -2.08. The third kappa shape index (κ3) is 5.52. The van der Waals surface area contributed by atoms with Gasteiger partial charge in [-0.2, -0.15) is 0 Å². The summed E-state index contributed by atoms with van der Waals surface area (Å²) in [6, 6.07) is 10.8. The van der Waals surface area contributed by atoms with E-state index < -0.39 is 6.36 Å². The van der Waals surface area contributed by atoms with Gasteiger partial charge in [-0.3, -0.25) is 10.1 Å². The van der Waals surface area contributed by atoms with Crippen LogP contribution in [0.15, 0.2) is 48.7 Å². The number of thiazole rings is 1. The van der Waals surface area contributed by atoms with E-state index in [-0.39, 0.29) is 11.7 Å². The fraction of sp³-hybridized carbons (Fsp3) is 0.167. The Hall–Kier alpha value is -2.94. The minimum atomic E-state index is -4.71. The Bertz CT molecular complexity index is 940. The normalized spacial score (nSPS) is 11.3. The molecule has 0 fully saturated rings. The highest BCUT2D eigenvalue weighted by Gasteiger charge is 2.30. The van der Waals surface area contributed by atoms with E-state index in [2.05, 4.69) is 20.0 Å². The largest absolute Gasteiger partial charge is 0.573 e. The molecule has 0 atom stereocenters. The van der Waals surface area contributed by atoms with Gasteiger partial charge in [-0.05, 0) is 36.8 Å². The number of benzene rings is 1. The van der Waals surface area contributed by atoms with Gasteiger partial charge < -0.3 is 4.74 Å². The lowest BCUT2D eigenvalue weighted by molar-refractivity contribution is -0.274. The molecule has 0 aliphatic carbocycles. The maximum Gasteiger partial charge on any atom is 0.573 e. The quantitative estimate of drug-likeness (QED) is 0.689. The molecule has 0 radical (unpaired) electrons. The van der Waals surface area contributed by atoms with Crippen molar-refractivity contribution in [3.8, 4) is 5.75 Å². The SMILES string of the molecule is Cc1cccc(C(=O)Nc2ncc(Cc3ccc(OC(F)(F)F)cc3)s2)n1. The smallest absolute Gasteiger partial charge is 0.406 e. The van der Waals surface area contributed by atoms with Crippen molar-refractivity contribution in [2.24, 2.45) is 0 Å². The molecule has 140 valence electrons. The number of alkyl halides is 3. The van der Waals surface area contributed by atoms with Crippen molar-refractivity contribution in [1.82, 2.24) is 9.97 Å². The number of carbonyl (C=O) groups excluding carboxylic acids is 1. The molecular formula is C18H14F3N3O2S. The highest BCUT2D eigenvalue weighted by molar-refractivity contribution is 7.15. The van der Waals surface area contributed by atoms with Gasteiger partial charge in [0.2, 0.25) is 0 Å². The van der Waals surface area contributed by atoms with Crippen LogP contribution in [0.2, 0.25) is 0 Å². The molecule has 3 aromatic rings. The molecule has 27 heavy (non-hydrogen) atoms. The molecule has 9 heteroatoms. The summed E-state index contributed by atoms with van der Waals surface area (Å²) in [6.07, 6.45) is -2.62. The van der Waals surface area contributed by atoms with Crippen molar-refractivity contribution in [2.45, 2.75) is 19.7 Å². The molecule has 0 unspecified atom stereocenters. The second-order valence-corrected chi connectivity index (χ2v) is 6.73. The first-order valence-electron chi connectivity index (χ1n) is 7.83. The summed E-state index contributed by atoms with van der Waals surface area (Å²) in [5, 5.41) is 3.11. The van der Waals surface area contributed by atoms with E-state index in [0.29, 0.717) is 17.2 Å². The zero-order chi connectivity index (χ0) is 19.4. The molecule has 0 spiro atoms. The molecular weight excluding hydrogens is 379 g/mol. The number of hydrogen-bond acceptors (Lipinski definition) is 5. The van der Waals surface area contributed by atoms with Crippen molar-refractivity contribution in [3.63, 3.8) is 0 Å². The number of anilines is 1. The van der Waals surface area contributed by atoms with Crippen LogP contribution in [0.25, 0.3) is 0 Å². The van der Waals surface area contributed by atoms with Crippen molar-refractivity contribution in [1.29, 1.82) is 0 Å². The number of hydrogen-bond donors (Lipinski definition) is 1. The van der Waals surface area contributed by atoms with Crippen LogP contribution >= 0.6 is 11.3 Å². The first-order chi connectivity index (χ1) is 12.8. The summed E-state index contributed by atoms with van der Waals surface area (Å²) >= 11 is 1.29. The van der Waals surface area contributed by atoms with Crippen molar-refractivity contribution < 1.29 is 22.7 Å². The average Bonchev–Trinajstić information content (AvgIpc) is 3.02. The topological polar surface area (TPSA) is 64.1 Å². The minimum Gasteiger partial charge on any atom is -0.406 e. The molecule has 1 aromatic carbocycles. The van der Waals surface area contributed by atoms with E-state index in [1.807, 2.05) is 0 Å². The number of nitrogens with zero attached hydrogens (tertiary/aromatic N) is 2. The van der Waals surface area contributed by atoms with Gasteiger partial charge in [-0.1, -0.05) is 18.2 Å². The summed E-state index contributed by atoms with van der Waals surface area (Å²) in [4.78, 5) is 21.3. The predicted octanol–water partition coefficient (Wildman–Crippen LogP) is 4.59. The number of rotatable bonds is 5. The van der Waals surface area contributed by atoms with Crippen LogP contribution in [0.1, 0.15) is 26.6 Å². The van der Waals surface area contributed by atoms with E-state index in [9.17, 15) is 18.0 Å². The van der Waals surface area contributed by atoms with Gasteiger partial charge in [0.1, 0.15) is 11.4 Å². The Balaban J connectivity index is 1.61. The Kier molecular flexibility index (Phi) is 5.41. The van der Waals surface area contributed by atoms with Crippen LogP contribution in [0.4, 0.5) is 18.3 Å². The summed E-state index contributed by atoms with van der Waals surface area (Å²) in [6.45, 7) is 1.79. The number of aromatic nitrogens is 2. The molecule has 1 N–H and O–H groups in total. The highest BCUT2D eigenvalue weighted by Crippen LogP contribution is 2.25. The Labute approximate surface area is 156 Å². The molecule has 3 rings (SSSR count). The van der Waals surface area contributed by atoms with E-state index in [1.165, 1.54) is 23.5 Å². The lowest BCUT2D eigenvalue weighted by atomic mass is 10.1. The molecule has 0 aliphatic rings. The third-order valence-corrected chi connectivity index (χ3v) is 4.34. The van der Waals surface area contributed by atoms with E-state index in [4.69, 9.17) is 0 Å². The number of nitrogens with one attached hydrogen (secondary N) is 1. The zero-order valence-electron chi connectivity index (χ0n) is 14.1. The molecule has 0 bridgehead atoms. The summed E-state index contributed by atoms with van der Waals surface area (Å²) in [5.41, 5.74) is 1.83. The van der Waals surface area contributed by atoms with Crippen molar-refractivity contribution >= 4 is 22.4 Å². The number of pyridine rings is 1. The maximum absolute atomic E-state index is 12.2. The Morgan fingerprint density at radius 2 is 1.93 bits per heavy atom. The number of amides is 1. The summed E-state index contributed by atoms with van der Waals surface area (Å²) in [7, 11) is 0. The van der Waals surface area contributed by atoms with Crippen LogP contribution in [0.5, 0.6) is 5.75 Å². The minimum absolute atomic E-state index is 0.269. The highest BCUT2D eigenvalue weighted by atomic mass is 32.1. The molecule has 0 saturated heterocycles. The standard InChI is InChI=1S/C18H14F3N3O2S/c1-11-3-2-4-15(23-11)16(25)24-17-22-10-14(27-17)9-12-5-7-13(8-6-12)26-18(19,20)21/h2-8,10H,9H2,1H3,(H,22,24,25). The Morgan fingerprint density at radius 1 is 1.19 bits per heavy atom. The molecule has 1 amide bonds. The Morgan fingerprint density at radius 3 is 2.59 bits per heavy atom. The van der Waals surface area contributed by atoms with Gasteiger partial charge in [0.15, 0.2) is 5.13 Å². The van der Waals surface area contributed by atoms with Gasteiger partial charge in [0.05, 0.1) is 0 Å². The number of aryl methyl sites for hydroxylation is 1. The summed E-state index contributed by atoms with van der Waals surface area (Å²) in [5.74, 6) is -0.623. The number of carbonyl (C=O) groups is 1. The lowest BCUT2D eigenvalue weighted by Crippen LogP contribution is -2.17. The van der Waals surface area contributed by atoms with Gasteiger partial charge in [0.25, 0.3) is 5.91 Å². The summed E-state index contributed by atoms with van der Waals surface area (Å²) < 4.78 is 40.4. The first-order valence-corrected chi connectivity index (χ1v) is 8.64. The van der Waals surface area contributed by atoms with Crippen LogP contribution in [-0.2, 0) is 6.42 Å². The third-order valence-electron chi connectivity index (χ3n) is 3.43. The number of halogens is 3. The van der Waals surface area contributed by atoms with Crippen molar-refractivity contribution in [3.05, 3.63) is 70.5 Å². The second-order valence-electron chi connectivity index (χ2n) is 5.62. The fourth-order valence-corrected chi connectivity index (χ4v) is 3.13. The van der Waals surface area contributed by atoms with Crippen LogP contribution < -0.4 is 10.1 Å². The average molecular weight is 393 g/mol. The number of ether oxygens (including phenoxy) is 1. The second kappa shape index (κ2) is 7.75. The van der Waals surface area contributed by atoms with Gasteiger partial charge in [0, 0.05) is 23.2 Å². The van der Waals surface area contributed by atoms with Gasteiger partial charge in [-0.15, -0.1) is 24.5 Å². The molecule has 0 saturated carbocycles. The van der Waals surface area contributed by atoms with Gasteiger partial charge >= 0.3 is 6.36 Å². The van der Waals surface area contributed by atoms with E-state index in [0.717, 1.165) is 16.1 Å². The van der Waals surface area contributed by atoms with E-state index >= 15 is 0 Å². The molecule has 5 nitrogen and oxygen atoms in total. The molecule has 2 heterocycles. The van der Waals surface area contributed by atoms with Crippen LogP contribution in [0, 0.1) is 6.92 Å². The van der Waals surface area contributed by atoms with E-state index in [1.54, 1.807) is 43.5 Å². The van der Waals surface area contributed by atoms with Crippen LogP contribution in [-0.4, -0.2) is 22.2 Å². The first kappa shape index (κ1) is 18.8. The molecule has 0 aliphatic heterocycles. The zero-order valence-corrected chi connectivity index (χ0v) is 14.9. The predicted molar refractivity (Wildman–Crippen MR) is 95.0 cm³/mol. The van der Waals surface area contributed by atoms with Crippen LogP contribution in [0.3, 0.4) is 0 Å². The fourth-order valence-electron chi connectivity index (χ4n) is 2.29. The maximum atomic E-state index is 12.2. The van der Waals surface area contributed by atoms with Gasteiger partial charge in [-0.25, -0.2) is 9.97 Å².